The van der Waals surface area contributed by atoms with Crippen molar-refractivity contribution in [2.75, 3.05) is 6.61 Å². The highest BCUT2D eigenvalue weighted by atomic mass is 16.8. The summed E-state index contributed by atoms with van der Waals surface area (Å²) in [6, 6.07) is 0. The Labute approximate surface area is 321 Å². The van der Waals surface area contributed by atoms with Crippen molar-refractivity contribution in [2.24, 2.45) is 45.3 Å². The first-order chi connectivity index (χ1) is 25.1. The second-order valence-corrected chi connectivity index (χ2v) is 19.6. The number of aliphatic hydroxyl groups is 8. The van der Waals surface area contributed by atoms with Crippen molar-refractivity contribution in [2.45, 2.75) is 186 Å². The zero-order chi connectivity index (χ0) is 39.9. The van der Waals surface area contributed by atoms with E-state index < -0.39 is 91.7 Å². The van der Waals surface area contributed by atoms with Gasteiger partial charge in [-0.05, 0) is 117 Å². The van der Waals surface area contributed by atoms with Crippen LogP contribution in [-0.4, -0.2) is 127 Å². The number of hydrogen-bond donors (Lipinski definition) is 8. The second kappa shape index (κ2) is 15.3. The van der Waals surface area contributed by atoms with Gasteiger partial charge in [0.25, 0.3) is 0 Å². The normalized spacial score (nSPS) is 52.9. The van der Waals surface area contributed by atoms with Crippen molar-refractivity contribution >= 4 is 0 Å². The monoisotopic (exact) mass is 766 g/mol. The summed E-state index contributed by atoms with van der Waals surface area (Å²) in [7, 11) is 0. The molecule has 8 N–H and O–H groups in total. The minimum Gasteiger partial charge on any atom is -0.394 e. The van der Waals surface area contributed by atoms with Gasteiger partial charge in [-0.1, -0.05) is 58.4 Å². The Hall–Kier alpha value is -1.00. The number of ether oxygens (including phenoxy) is 4. The molecule has 310 valence electrons. The minimum atomic E-state index is -1.68. The molecule has 6 aliphatic rings. The van der Waals surface area contributed by atoms with Crippen LogP contribution >= 0.6 is 0 Å². The van der Waals surface area contributed by atoms with Crippen LogP contribution in [0.3, 0.4) is 0 Å². The van der Waals surface area contributed by atoms with E-state index in [2.05, 4.69) is 61.1 Å². The van der Waals surface area contributed by atoms with Gasteiger partial charge in [0.05, 0.1) is 31.0 Å². The summed E-state index contributed by atoms with van der Waals surface area (Å²) >= 11 is 0. The summed E-state index contributed by atoms with van der Waals surface area (Å²) in [4.78, 5) is 0. The molecule has 0 bridgehead atoms. The maximum absolute atomic E-state index is 12.2. The molecule has 2 aliphatic heterocycles. The fourth-order valence-corrected chi connectivity index (χ4v) is 13.0. The van der Waals surface area contributed by atoms with E-state index in [9.17, 15) is 40.9 Å². The van der Waals surface area contributed by atoms with Gasteiger partial charge in [0.1, 0.15) is 42.7 Å². The van der Waals surface area contributed by atoms with Gasteiger partial charge in [0, 0.05) is 0 Å². The van der Waals surface area contributed by atoms with Gasteiger partial charge >= 0.3 is 0 Å². The molecule has 2 saturated heterocycles. The van der Waals surface area contributed by atoms with Crippen molar-refractivity contribution in [3.8, 4) is 0 Å². The van der Waals surface area contributed by atoms with Crippen LogP contribution in [0, 0.1) is 45.3 Å². The highest BCUT2D eigenvalue weighted by molar-refractivity contribution is 5.24. The van der Waals surface area contributed by atoms with E-state index in [1.165, 1.54) is 18.1 Å². The molecular weight excluding hydrogens is 696 g/mol. The molecule has 0 amide bonds. The first-order valence-electron chi connectivity index (χ1n) is 20.4. The van der Waals surface area contributed by atoms with Crippen LogP contribution in [0.25, 0.3) is 0 Å². The van der Waals surface area contributed by atoms with E-state index in [1.807, 2.05) is 0 Å². The third kappa shape index (κ3) is 6.79. The summed E-state index contributed by atoms with van der Waals surface area (Å²) in [6.07, 6.45) is -7.55. The third-order valence-corrected chi connectivity index (χ3v) is 16.0. The lowest BCUT2D eigenvalue weighted by Gasteiger charge is -2.72. The predicted molar refractivity (Wildman–Crippen MR) is 199 cm³/mol. The maximum Gasteiger partial charge on any atom is 0.187 e. The number of allylic oxidation sites excluding steroid dienone is 3. The van der Waals surface area contributed by atoms with E-state index in [0.29, 0.717) is 19.3 Å². The molecule has 2 heterocycles. The van der Waals surface area contributed by atoms with Crippen molar-refractivity contribution in [3.63, 3.8) is 0 Å². The van der Waals surface area contributed by atoms with Crippen LogP contribution in [0.4, 0.5) is 0 Å². The quantitative estimate of drug-likeness (QED) is 0.126. The molecule has 0 unspecified atom stereocenters. The lowest BCUT2D eigenvalue weighted by atomic mass is 9.34. The molecule has 0 aromatic carbocycles. The smallest absolute Gasteiger partial charge is 0.187 e. The Morgan fingerprint density at radius 3 is 2.15 bits per heavy atom. The lowest BCUT2D eigenvalue weighted by Crippen LogP contribution is -2.71. The highest BCUT2D eigenvalue weighted by Crippen LogP contribution is 2.76. The average molecular weight is 767 g/mol. The van der Waals surface area contributed by atoms with Gasteiger partial charge in [0.15, 0.2) is 12.6 Å². The van der Waals surface area contributed by atoms with E-state index >= 15 is 0 Å². The number of aliphatic hydroxyl groups excluding tert-OH is 8. The van der Waals surface area contributed by atoms with Gasteiger partial charge < -0.3 is 59.8 Å². The fraction of sp³-hybridized carbons (Fsp3) is 0.905. The van der Waals surface area contributed by atoms with Crippen LogP contribution in [0.15, 0.2) is 23.8 Å². The first kappa shape index (κ1) is 42.6. The Morgan fingerprint density at radius 2 is 1.50 bits per heavy atom. The van der Waals surface area contributed by atoms with Crippen LogP contribution in [0.2, 0.25) is 0 Å². The predicted octanol–water partition coefficient (Wildman–Crippen LogP) is 2.95. The lowest BCUT2D eigenvalue weighted by molar-refractivity contribution is -0.381. The van der Waals surface area contributed by atoms with Crippen molar-refractivity contribution < 1.29 is 59.8 Å². The molecule has 4 aliphatic carbocycles. The number of hydrogen-bond acceptors (Lipinski definition) is 12. The molecule has 6 rings (SSSR count). The number of fused-ring (bicyclic) bond motifs is 5. The van der Waals surface area contributed by atoms with E-state index in [0.717, 1.165) is 32.1 Å². The molecule has 6 fully saturated rings. The van der Waals surface area contributed by atoms with Gasteiger partial charge in [-0.3, -0.25) is 0 Å². The highest BCUT2D eigenvalue weighted by Gasteiger charge is 2.73. The zero-order valence-electron chi connectivity index (χ0n) is 33.7. The van der Waals surface area contributed by atoms with E-state index in [-0.39, 0.29) is 39.9 Å². The summed E-state index contributed by atoms with van der Waals surface area (Å²) in [5, 5.41) is 88.2. The van der Waals surface area contributed by atoms with E-state index in [1.54, 1.807) is 0 Å². The van der Waals surface area contributed by atoms with Gasteiger partial charge in [-0.2, -0.15) is 0 Å². The number of rotatable bonds is 9. The Bertz CT molecular complexity index is 1380. The van der Waals surface area contributed by atoms with Crippen molar-refractivity contribution in [1.82, 2.24) is 0 Å². The molecule has 4 saturated carbocycles. The topological polar surface area (TPSA) is 199 Å². The molecule has 20 atom stereocenters. The van der Waals surface area contributed by atoms with Gasteiger partial charge in [-0.15, -0.1) is 0 Å². The van der Waals surface area contributed by atoms with E-state index in [4.69, 9.17) is 18.9 Å². The van der Waals surface area contributed by atoms with Crippen LogP contribution in [0.1, 0.15) is 107 Å². The molecule has 54 heavy (non-hydrogen) atoms. The summed E-state index contributed by atoms with van der Waals surface area (Å²) in [6.45, 7) is 20.8. The Balaban J connectivity index is 1.37. The van der Waals surface area contributed by atoms with Crippen molar-refractivity contribution in [1.29, 1.82) is 0 Å². The summed E-state index contributed by atoms with van der Waals surface area (Å²) < 4.78 is 25.2. The summed E-state index contributed by atoms with van der Waals surface area (Å²) in [5.41, 5.74) is 0.837. The molecule has 0 spiro atoms. The standard InChI is InChI=1S/C42H70O12/c1-20(2)11-10-12-21(3)23-13-16-41(8)29(23)24(44)17-27-40(7)15-14-28(45)39(5,6)36(40)25(18-42(27,41)9)52-38-35(33(49)31(47)26(19-43)53-38)54-37-34(50)32(48)30(46)22(4)51-37/h11,22-38,43-50H,3,10,12-19H2,1-2,4-9H3/t22-,23+,24+,25-,26+,27+,28-,29-,30-,31+,32+,33-,34-,35+,36-,37+,38+,40+,41+,42+/m0/s1. The van der Waals surface area contributed by atoms with Gasteiger partial charge in [-0.25, -0.2) is 0 Å². The van der Waals surface area contributed by atoms with Crippen LogP contribution < -0.4 is 0 Å². The maximum atomic E-state index is 12.2. The van der Waals surface area contributed by atoms with Crippen molar-refractivity contribution in [3.05, 3.63) is 23.8 Å². The summed E-state index contributed by atoms with van der Waals surface area (Å²) in [5.74, 6) is 0.0623. The average Bonchev–Trinajstić information content (AvgIpc) is 3.48. The second-order valence-electron chi connectivity index (χ2n) is 19.6. The molecule has 12 nitrogen and oxygen atoms in total. The van der Waals surface area contributed by atoms with Crippen LogP contribution in [-0.2, 0) is 18.9 Å². The molecule has 0 radical (unpaired) electrons. The third-order valence-electron chi connectivity index (χ3n) is 16.0. The molecule has 0 aromatic heterocycles. The fourth-order valence-electron chi connectivity index (χ4n) is 13.0. The molecule has 12 heteroatoms. The molecule has 0 aromatic rings. The van der Waals surface area contributed by atoms with Crippen LogP contribution in [0.5, 0.6) is 0 Å². The largest absolute Gasteiger partial charge is 0.394 e. The SMILES string of the molecule is C=C(CCC=C(C)C)[C@H]1CC[C@]2(C)[C@@H]1[C@H](O)C[C@@H]1[C@@]3(C)CC[C@H](O)C(C)(C)[C@@H]3[C@@H](O[C@@H]3O[C@H](CO)[C@@H](O)[C@H](O)[C@H]3O[C@H]3O[C@@H](C)[C@H](O)[C@@H](O)[C@@H]3O)C[C@]12C. The Kier molecular flexibility index (Phi) is 12.1. The Morgan fingerprint density at radius 1 is 0.815 bits per heavy atom. The van der Waals surface area contributed by atoms with Gasteiger partial charge in [0.2, 0.25) is 0 Å². The minimum absolute atomic E-state index is 0.00685. The first-order valence-corrected chi connectivity index (χ1v) is 20.4. The molecular formula is C42H70O12. The zero-order valence-corrected chi connectivity index (χ0v) is 33.7.